The van der Waals surface area contributed by atoms with Crippen molar-refractivity contribution in [1.29, 1.82) is 0 Å². The van der Waals surface area contributed by atoms with Gasteiger partial charge in [-0.2, -0.15) is 0 Å². The minimum atomic E-state index is -1.33. The Morgan fingerprint density at radius 3 is 2.42 bits per heavy atom. The van der Waals surface area contributed by atoms with Gasteiger partial charge in [0.05, 0.1) is 16.6 Å². The Kier molecular flexibility index (Phi) is 3.10. The molecule has 0 aliphatic rings. The molecule has 0 heterocycles. The number of rotatable bonds is 3. The van der Waals surface area contributed by atoms with Crippen LogP contribution in [0.1, 0.15) is 0 Å². The number of aldehydes is 1. The first kappa shape index (κ1) is 9.06. The van der Waals surface area contributed by atoms with Crippen molar-refractivity contribution in [2.24, 2.45) is 0 Å². The van der Waals surface area contributed by atoms with Crippen LogP contribution in [0.4, 0.5) is 4.39 Å². The van der Waals surface area contributed by atoms with Gasteiger partial charge >= 0.3 is 0 Å². The standard InChI is InChI=1S/C8H7FO2S/c9-7-1-3-8(4-2-7)12(11)6-5-10/h1-5H,6H2. The normalized spacial score (nSPS) is 12.4. The summed E-state index contributed by atoms with van der Waals surface area (Å²) in [6, 6.07) is 5.26. The SMILES string of the molecule is O=CCS(=O)c1ccc(F)cc1. The van der Waals surface area contributed by atoms with Crippen LogP contribution in [-0.4, -0.2) is 16.2 Å². The van der Waals surface area contributed by atoms with Crippen molar-refractivity contribution in [2.45, 2.75) is 4.90 Å². The summed E-state index contributed by atoms with van der Waals surface area (Å²) < 4.78 is 23.5. The summed E-state index contributed by atoms with van der Waals surface area (Å²) in [5.41, 5.74) is 0. The van der Waals surface area contributed by atoms with Crippen LogP contribution in [0.5, 0.6) is 0 Å². The molecule has 0 radical (unpaired) electrons. The van der Waals surface area contributed by atoms with Crippen molar-refractivity contribution in [3.63, 3.8) is 0 Å². The molecule has 0 aliphatic heterocycles. The van der Waals surface area contributed by atoms with Gasteiger partial charge in [-0.3, -0.25) is 4.21 Å². The van der Waals surface area contributed by atoms with Crippen molar-refractivity contribution in [3.05, 3.63) is 30.1 Å². The lowest BCUT2D eigenvalue weighted by Gasteiger charge is -1.96. The van der Waals surface area contributed by atoms with Crippen LogP contribution in [0.3, 0.4) is 0 Å². The Morgan fingerprint density at radius 2 is 1.92 bits per heavy atom. The van der Waals surface area contributed by atoms with Crippen LogP contribution in [-0.2, 0) is 15.6 Å². The van der Waals surface area contributed by atoms with Gasteiger partial charge < -0.3 is 4.79 Å². The zero-order valence-corrected chi connectivity index (χ0v) is 7.01. The lowest BCUT2D eigenvalue weighted by atomic mass is 10.4. The quantitative estimate of drug-likeness (QED) is 0.663. The predicted molar refractivity (Wildman–Crippen MR) is 43.7 cm³/mol. The third kappa shape index (κ3) is 2.23. The van der Waals surface area contributed by atoms with E-state index in [1.165, 1.54) is 24.3 Å². The predicted octanol–water partition coefficient (Wildman–Crippen LogP) is 1.13. The Bertz CT molecular complexity index is 294. The molecule has 1 rings (SSSR count). The Hall–Kier alpha value is -1.03. The molecule has 0 aliphatic carbocycles. The van der Waals surface area contributed by atoms with E-state index < -0.39 is 10.8 Å². The van der Waals surface area contributed by atoms with E-state index in [4.69, 9.17) is 0 Å². The molecular weight excluding hydrogens is 179 g/mol. The maximum atomic E-state index is 12.4. The molecule has 1 aromatic carbocycles. The molecule has 0 bridgehead atoms. The van der Waals surface area contributed by atoms with Crippen molar-refractivity contribution in [3.8, 4) is 0 Å². The number of carbonyl (C=O) groups excluding carboxylic acids is 1. The highest BCUT2D eigenvalue weighted by Crippen LogP contribution is 2.06. The first-order valence-electron chi connectivity index (χ1n) is 3.31. The third-order valence-corrected chi connectivity index (χ3v) is 2.53. The fraction of sp³-hybridized carbons (Fsp3) is 0.125. The highest BCUT2D eigenvalue weighted by molar-refractivity contribution is 7.85. The smallest absolute Gasteiger partial charge is 0.132 e. The van der Waals surface area contributed by atoms with Gasteiger partial charge in [0.15, 0.2) is 0 Å². The molecule has 12 heavy (non-hydrogen) atoms. The summed E-state index contributed by atoms with van der Waals surface area (Å²) in [6.45, 7) is 0. The Balaban J connectivity index is 2.82. The van der Waals surface area contributed by atoms with Crippen molar-refractivity contribution < 1.29 is 13.4 Å². The average Bonchev–Trinajstić information content (AvgIpc) is 2.06. The average molecular weight is 186 g/mol. The summed E-state index contributed by atoms with van der Waals surface area (Å²) >= 11 is 0. The largest absolute Gasteiger partial charge is 0.302 e. The number of halogens is 1. The topological polar surface area (TPSA) is 34.1 Å². The van der Waals surface area contributed by atoms with Gasteiger partial charge in [0.2, 0.25) is 0 Å². The van der Waals surface area contributed by atoms with Crippen LogP contribution in [0, 0.1) is 5.82 Å². The molecule has 1 unspecified atom stereocenters. The molecule has 0 fully saturated rings. The zero-order valence-electron chi connectivity index (χ0n) is 6.20. The van der Waals surface area contributed by atoms with E-state index in [0.29, 0.717) is 11.2 Å². The minimum absolute atomic E-state index is 0.0361. The second-order valence-corrected chi connectivity index (χ2v) is 3.63. The van der Waals surface area contributed by atoms with Gasteiger partial charge in [0.25, 0.3) is 0 Å². The molecule has 0 N–H and O–H groups in total. The minimum Gasteiger partial charge on any atom is -0.302 e. The molecule has 2 nitrogen and oxygen atoms in total. The first-order chi connectivity index (χ1) is 5.74. The summed E-state index contributed by atoms with van der Waals surface area (Å²) in [4.78, 5) is 10.5. The molecule has 4 heteroatoms. The van der Waals surface area contributed by atoms with E-state index in [1.54, 1.807) is 0 Å². The molecule has 0 amide bonds. The molecular formula is C8H7FO2S. The van der Waals surface area contributed by atoms with Crippen LogP contribution in [0.25, 0.3) is 0 Å². The van der Waals surface area contributed by atoms with Crippen molar-refractivity contribution in [2.75, 3.05) is 5.75 Å². The molecule has 1 atom stereocenters. The number of benzene rings is 1. The summed E-state index contributed by atoms with van der Waals surface area (Å²) in [5, 5.41) is 0. The van der Waals surface area contributed by atoms with E-state index in [0.717, 1.165) is 0 Å². The first-order valence-corrected chi connectivity index (χ1v) is 4.63. The van der Waals surface area contributed by atoms with E-state index >= 15 is 0 Å². The van der Waals surface area contributed by atoms with Crippen molar-refractivity contribution in [1.82, 2.24) is 0 Å². The number of hydrogen-bond acceptors (Lipinski definition) is 2. The molecule has 0 saturated carbocycles. The maximum Gasteiger partial charge on any atom is 0.132 e. The van der Waals surface area contributed by atoms with Crippen LogP contribution < -0.4 is 0 Å². The highest BCUT2D eigenvalue weighted by Gasteiger charge is 2.01. The lowest BCUT2D eigenvalue weighted by Crippen LogP contribution is -1.98. The summed E-state index contributed by atoms with van der Waals surface area (Å²) in [5.74, 6) is -0.409. The second kappa shape index (κ2) is 4.11. The van der Waals surface area contributed by atoms with Crippen LogP contribution in [0.2, 0.25) is 0 Å². The van der Waals surface area contributed by atoms with E-state index in [1.807, 2.05) is 0 Å². The molecule has 0 saturated heterocycles. The summed E-state index contributed by atoms with van der Waals surface area (Å²) in [7, 11) is -1.33. The zero-order chi connectivity index (χ0) is 8.97. The van der Waals surface area contributed by atoms with Gasteiger partial charge in [-0.25, -0.2) is 4.39 Å². The van der Waals surface area contributed by atoms with E-state index in [9.17, 15) is 13.4 Å². The van der Waals surface area contributed by atoms with Gasteiger partial charge in [-0.15, -0.1) is 0 Å². The van der Waals surface area contributed by atoms with E-state index in [-0.39, 0.29) is 11.6 Å². The molecule has 1 aromatic rings. The number of carbonyl (C=O) groups is 1. The third-order valence-electron chi connectivity index (χ3n) is 1.30. The number of hydrogen-bond donors (Lipinski definition) is 0. The highest BCUT2D eigenvalue weighted by atomic mass is 32.2. The molecule has 64 valence electrons. The van der Waals surface area contributed by atoms with Gasteiger partial charge in [-0.1, -0.05) is 0 Å². The van der Waals surface area contributed by atoms with Gasteiger partial charge in [-0.05, 0) is 24.3 Å². The van der Waals surface area contributed by atoms with Crippen molar-refractivity contribution >= 4 is 17.1 Å². The Labute approximate surface area is 71.9 Å². The monoisotopic (exact) mass is 186 g/mol. The van der Waals surface area contributed by atoms with Gasteiger partial charge in [0.1, 0.15) is 12.1 Å². The van der Waals surface area contributed by atoms with Gasteiger partial charge in [0, 0.05) is 4.90 Å². The van der Waals surface area contributed by atoms with Crippen LogP contribution >= 0.6 is 0 Å². The lowest BCUT2D eigenvalue weighted by molar-refractivity contribution is -0.105. The fourth-order valence-electron chi connectivity index (χ4n) is 0.744. The maximum absolute atomic E-state index is 12.4. The summed E-state index contributed by atoms with van der Waals surface area (Å²) in [6.07, 6.45) is 0.583. The Morgan fingerprint density at radius 1 is 1.33 bits per heavy atom. The second-order valence-electron chi connectivity index (χ2n) is 2.13. The van der Waals surface area contributed by atoms with E-state index in [2.05, 4.69) is 0 Å². The van der Waals surface area contributed by atoms with Crippen LogP contribution in [0.15, 0.2) is 29.2 Å². The molecule has 0 spiro atoms. The fourth-order valence-corrected chi connectivity index (χ4v) is 1.50. The molecule has 0 aromatic heterocycles.